The van der Waals surface area contributed by atoms with Crippen molar-refractivity contribution in [1.82, 2.24) is 15.0 Å². The van der Waals surface area contributed by atoms with E-state index in [0.717, 1.165) is 0 Å². The van der Waals surface area contributed by atoms with Gasteiger partial charge in [-0.05, 0) is 28.1 Å². The Bertz CT molecular complexity index is 553. The minimum atomic E-state index is -4.51. The highest BCUT2D eigenvalue weighted by Gasteiger charge is 2.36. The lowest BCUT2D eigenvalue weighted by Gasteiger charge is -2.02. The van der Waals surface area contributed by atoms with Crippen molar-refractivity contribution >= 4 is 27.5 Å². The van der Waals surface area contributed by atoms with Crippen LogP contribution in [0, 0.1) is 0 Å². The number of hydrogen-bond acceptors (Lipinski definition) is 2. The number of nitrogens with one attached hydrogen (secondary N) is 1. The summed E-state index contributed by atoms with van der Waals surface area (Å²) in [6.45, 7) is 0. The molecule has 0 aliphatic heterocycles. The van der Waals surface area contributed by atoms with Gasteiger partial charge in [0.05, 0.1) is 5.02 Å². The molecule has 0 aromatic carbocycles. The number of hydrogen-bond donors (Lipinski definition) is 1. The van der Waals surface area contributed by atoms with E-state index in [1.54, 1.807) is 6.07 Å². The number of H-pyrrole nitrogens is 1. The SMILES string of the molecule is FC(F)(F)c1[nH]c(-c2ncccc2Cl)nc1Br. The lowest BCUT2D eigenvalue weighted by Crippen LogP contribution is -2.06. The summed E-state index contributed by atoms with van der Waals surface area (Å²) in [5.41, 5.74) is -0.792. The van der Waals surface area contributed by atoms with E-state index in [4.69, 9.17) is 11.6 Å². The van der Waals surface area contributed by atoms with E-state index in [1.807, 2.05) is 0 Å². The van der Waals surface area contributed by atoms with Crippen molar-refractivity contribution in [3.63, 3.8) is 0 Å². The zero-order valence-corrected chi connectivity index (χ0v) is 10.4. The molecule has 0 saturated heterocycles. The summed E-state index contributed by atoms with van der Waals surface area (Å²) in [4.78, 5) is 9.72. The molecule has 0 spiro atoms. The third-order valence-electron chi connectivity index (χ3n) is 1.93. The van der Waals surface area contributed by atoms with Gasteiger partial charge in [-0.15, -0.1) is 0 Å². The van der Waals surface area contributed by atoms with Gasteiger partial charge in [-0.3, -0.25) is 4.98 Å². The number of pyridine rings is 1. The Hall–Kier alpha value is -1.08. The van der Waals surface area contributed by atoms with Crippen LogP contribution in [0.3, 0.4) is 0 Å². The van der Waals surface area contributed by atoms with Gasteiger partial charge in [0.25, 0.3) is 0 Å². The summed E-state index contributed by atoms with van der Waals surface area (Å²) in [7, 11) is 0. The molecule has 90 valence electrons. The summed E-state index contributed by atoms with van der Waals surface area (Å²) >= 11 is 8.56. The molecule has 1 N–H and O–H groups in total. The second kappa shape index (κ2) is 4.30. The number of aromatic nitrogens is 3. The van der Waals surface area contributed by atoms with Gasteiger partial charge in [-0.1, -0.05) is 11.6 Å². The molecule has 8 heteroatoms. The van der Waals surface area contributed by atoms with E-state index < -0.39 is 11.9 Å². The molecule has 0 radical (unpaired) electrons. The maximum atomic E-state index is 12.5. The van der Waals surface area contributed by atoms with Crippen LogP contribution in [0.2, 0.25) is 5.02 Å². The van der Waals surface area contributed by atoms with Crippen molar-refractivity contribution < 1.29 is 13.2 Å². The second-order valence-corrected chi connectivity index (χ2v) is 4.24. The van der Waals surface area contributed by atoms with Gasteiger partial charge in [-0.25, -0.2) is 4.98 Å². The third kappa shape index (κ3) is 2.44. The minimum absolute atomic E-state index is 0.0326. The molecule has 2 heterocycles. The van der Waals surface area contributed by atoms with Gasteiger partial charge in [0.2, 0.25) is 0 Å². The topological polar surface area (TPSA) is 41.6 Å². The summed E-state index contributed by atoms with van der Waals surface area (Å²) in [6, 6.07) is 3.10. The van der Waals surface area contributed by atoms with Gasteiger partial charge >= 0.3 is 6.18 Å². The molecule has 2 rings (SSSR count). The Balaban J connectivity index is 2.53. The van der Waals surface area contributed by atoms with E-state index in [-0.39, 0.29) is 21.1 Å². The molecule has 0 bridgehead atoms. The van der Waals surface area contributed by atoms with Crippen LogP contribution in [0.5, 0.6) is 0 Å². The zero-order valence-electron chi connectivity index (χ0n) is 8.02. The minimum Gasteiger partial charge on any atom is -0.332 e. The van der Waals surface area contributed by atoms with E-state index >= 15 is 0 Å². The molecule has 2 aromatic rings. The van der Waals surface area contributed by atoms with Crippen LogP contribution >= 0.6 is 27.5 Å². The monoisotopic (exact) mass is 325 g/mol. The average molecular weight is 327 g/mol. The quantitative estimate of drug-likeness (QED) is 0.863. The Morgan fingerprint density at radius 2 is 2.06 bits per heavy atom. The first-order valence-corrected chi connectivity index (χ1v) is 5.50. The Labute approximate surface area is 107 Å². The first-order valence-electron chi connectivity index (χ1n) is 4.33. The smallest absolute Gasteiger partial charge is 0.332 e. The highest BCUT2D eigenvalue weighted by molar-refractivity contribution is 9.10. The normalized spacial score (nSPS) is 11.8. The molecule has 17 heavy (non-hydrogen) atoms. The summed E-state index contributed by atoms with van der Waals surface area (Å²) < 4.78 is 37.3. The van der Waals surface area contributed by atoms with Crippen molar-refractivity contribution in [3.8, 4) is 11.5 Å². The van der Waals surface area contributed by atoms with Crippen LogP contribution in [0.1, 0.15) is 5.69 Å². The van der Waals surface area contributed by atoms with Gasteiger partial charge in [0, 0.05) is 6.20 Å². The molecule has 0 aliphatic carbocycles. The maximum Gasteiger partial charge on any atom is 0.433 e. The standard InChI is InChI=1S/C9H4BrClF3N3/c10-7-6(9(12,13)14)16-8(17-7)5-4(11)2-1-3-15-5/h1-3H,(H,16,17). The van der Waals surface area contributed by atoms with E-state index in [0.29, 0.717) is 0 Å². The molecule has 2 aromatic heterocycles. The van der Waals surface area contributed by atoms with Crippen LogP contribution in [0.15, 0.2) is 22.9 Å². The highest BCUT2D eigenvalue weighted by atomic mass is 79.9. The van der Waals surface area contributed by atoms with Crippen molar-refractivity contribution in [1.29, 1.82) is 0 Å². The highest BCUT2D eigenvalue weighted by Crippen LogP contribution is 2.35. The van der Waals surface area contributed by atoms with Crippen molar-refractivity contribution in [2.75, 3.05) is 0 Å². The fraction of sp³-hybridized carbons (Fsp3) is 0.111. The van der Waals surface area contributed by atoms with Crippen molar-refractivity contribution in [2.24, 2.45) is 0 Å². The largest absolute Gasteiger partial charge is 0.433 e. The second-order valence-electron chi connectivity index (χ2n) is 3.08. The van der Waals surface area contributed by atoms with Crippen LogP contribution in [-0.2, 0) is 6.18 Å². The zero-order chi connectivity index (χ0) is 12.6. The Morgan fingerprint density at radius 3 is 2.59 bits per heavy atom. The summed E-state index contributed by atoms with van der Waals surface area (Å²) in [6.07, 6.45) is -3.09. The van der Waals surface area contributed by atoms with Crippen LogP contribution in [-0.4, -0.2) is 15.0 Å². The lowest BCUT2D eigenvalue weighted by molar-refractivity contribution is -0.141. The number of alkyl halides is 3. The van der Waals surface area contributed by atoms with Gasteiger partial charge in [0.1, 0.15) is 10.3 Å². The average Bonchev–Trinajstić information content (AvgIpc) is 2.60. The first-order chi connectivity index (χ1) is 7.89. The molecule has 0 aliphatic rings. The van der Waals surface area contributed by atoms with Crippen LogP contribution < -0.4 is 0 Å². The predicted molar refractivity (Wildman–Crippen MR) is 59.5 cm³/mol. The van der Waals surface area contributed by atoms with Gasteiger partial charge in [0.15, 0.2) is 11.5 Å². The molecule has 0 saturated carbocycles. The first kappa shape index (κ1) is 12.4. The molecule has 0 atom stereocenters. The maximum absolute atomic E-state index is 12.5. The molecule has 3 nitrogen and oxygen atoms in total. The molecule has 0 amide bonds. The van der Waals surface area contributed by atoms with E-state index in [1.165, 1.54) is 12.3 Å². The fourth-order valence-electron chi connectivity index (χ4n) is 1.21. The molecule has 0 unspecified atom stereocenters. The van der Waals surface area contributed by atoms with Gasteiger partial charge in [-0.2, -0.15) is 13.2 Å². The Kier molecular flexibility index (Phi) is 3.13. The van der Waals surface area contributed by atoms with Crippen molar-refractivity contribution in [2.45, 2.75) is 6.18 Å². The number of nitrogens with zero attached hydrogens (tertiary/aromatic N) is 2. The third-order valence-corrected chi connectivity index (χ3v) is 2.80. The fourth-order valence-corrected chi connectivity index (χ4v) is 1.92. The number of imidazole rings is 1. The molecular weight excluding hydrogens is 322 g/mol. The van der Waals surface area contributed by atoms with Gasteiger partial charge < -0.3 is 4.98 Å². The number of aromatic amines is 1. The van der Waals surface area contributed by atoms with Crippen LogP contribution in [0.4, 0.5) is 13.2 Å². The molecule has 0 fully saturated rings. The van der Waals surface area contributed by atoms with Crippen LogP contribution in [0.25, 0.3) is 11.5 Å². The predicted octanol–water partition coefficient (Wildman–Crippen LogP) is 3.91. The summed E-state index contributed by atoms with van der Waals surface area (Å²) in [5, 5.41) is 0.225. The Morgan fingerprint density at radius 1 is 1.35 bits per heavy atom. The van der Waals surface area contributed by atoms with Crippen molar-refractivity contribution in [3.05, 3.63) is 33.6 Å². The number of rotatable bonds is 1. The lowest BCUT2D eigenvalue weighted by atomic mass is 10.3. The van der Waals surface area contributed by atoms with E-state index in [9.17, 15) is 13.2 Å². The summed E-state index contributed by atoms with van der Waals surface area (Å²) in [5.74, 6) is -0.0326. The molecular formula is C9H4BrClF3N3. The number of halogens is 5. The van der Waals surface area contributed by atoms with E-state index in [2.05, 4.69) is 30.9 Å².